The van der Waals surface area contributed by atoms with Gasteiger partial charge in [0.25, 0.3) is 0 Å². The number of aryl methyl sites for hydroxylation is 1. The van der Waals surface area contributed by atoms with E-state index in [1.165, 1.54) is 6.33 Å². The quantitative estimate of drug-likeness (QED) is 0.385. The van der Waals surface area contributed by atoms with Crippen LogP contribution in [0.5, 0.6) is 0 Å². The maximum atomic E-state index is 11.8. The van der Waals surface area contributed by atoms with Gasteiger partial charge in [0.2, 0.25) is 11.6 Å². The van der Waals surface area contributed by atoms with E-state index in [2.05, 4.69) is 25.6 Å². The molecule has 0 aliphatic rings. The van der Waals surface area contributed by atoms with Crippen molar-refractivity contribution in [3.8, 4) is 0 Å². The molecule has 4 aromatic rings. The number of rotatable bonds is 5. The van der Waals surface area contributed by atoms with Crippen molar-refractivity contribution >= 4 is 39.6 Å². The Morgan fingerprint density at radius 3 is 2.39 bits per heavy atom. The number of anilines is 4. The van der Waals surface area contributed by atoms with Crippen LogP contribution in [0.15, 0.2) is 67.1 Å². The molecule has 138 valence electrons. The molecule has 8 nitrogen and oxygen atoms in total. The number of benzene rings is 2. The molecule has 2 aromatic carbocycles. The van der Waals surface area contributed by atoms with E-state index in [1.54, 1.807) is 12.3 Å². The molecule has 2 heterocycles. The van der Waals surface area contributed by atoms with E-state index in [4.69, 9.17) is 0 Å². The highest BCUT2D eigenvalue weighted by Gasteiger charge is 2.24. The lowest BCUT2D eigenvalue weighted by atomic mass is 10.1. The number of nitrogens with zero attached hydrogens (tertiary/aromatic N) is 4. The molecular formula is C20H16N6O2. The standard InChI is InChI=1S/C20H16N6O2/c1-13-9-10-17(21-11-13)25-20-18(26(27)28)19(22-12-23-20)24-16-8-4-6-14-5-2-3-7-15(14)16/h2-12H,1H3,(H2,21,22,23,24,25). The van der Waals surface area contributed by atoms with Gasteiger partial charge >= 0.3 is 5.69 Å². The first-order valence-electron chi connectivity index (χ1n) is 8.55. The first kappa shape index (κ1) is 17.3. The molecule has 2 aromatic heterocycles. The molecule has 0 radical (unpaired) electrons. The molecule has 0 amide bonds. The van der Waals surface area contributed by atoms with E-state index in [1.807, 2.05) is 55.5 Å². The second-order valence-corrected chi connectivity index (χ2v) is 6.17. The van der Waals surface area contributed by atoms with Gasteiger partial charge in [-0.1, -0.05) is 42.5 Å². The van der Waals surface area contributed by atoms with Crippen LogP contribution in [0.1, 0.15) is 5.56 Å². The maximum absolute atomic E-state index is 11.8. The first-order valence-corrected chi connectivity index (χ1v) is 8.55. The van der Waals surface area contributed by atoms with Gasteiger partial charge in [0, 0.05) is 17.3 Å². The second kappa shape index (κ2) is 7.28. The predicted octanol–water partition coefficient (Wildman–Crippen LogP) is 4.73. The number of nitrogens with one attached hydrogen (secondary N) is 2. The summed E-state index contributed by atoms with van der Waals surface area (Å²) in [5, 5.41) is 19.7. The molecule has 0 fully saturated rings. The Morgan fingerprint density at radius 1 is 0.893 bits per heavy atom. The number of hydrogen-bond acceptors (Lipinski definition) is 7. The maximum Gasteiger partial charge on any atom is 0.353 e. The van der Waals surface area contributed by atoms with Gasteiger partial charge in [-0.15, -0.1) is 0 Å². The highest BCUT2D eigenvalue weighted by molar-refractivity contribution is 5.96. The first-order chi connectivity index (χ1) is 13.6. The van der Waals surface area contributed by atoms with E-state index < -0.39 is 4.92 Å². The smallest absolute Gasteiger partial charge is 0.334 e. The van der Waals surface area contributed by atoms with Crippen molar-refractivity contribution in [1.29, 1.82) is 0 Å². The summed E-state index contributed by atoms with van der Waals surface area (Å²) < 4.78 is 0. The Kier molecular flexibility index (Phi) is 4.51. The number of pyridine rings is 1. The number of fused-ring (bicyclic) bond motifs is 1. The van der Waals surface area contributed by atoms with E-state index in [0.717, 1.165) is 22.0 Å². The van der Waals surface area contributed by atoms with Crippen LogP contribution in [0.4, 0.5) is 28.8 Å². The molecule has 2 N–H and O–H groups in total. The highest BCUT2D eigenvalue weighted by atomic mass is 16.6. The third-order valence-electron chi connectivity index (χ3n) is 4.21. The van der Waals surface area contributed by atoms with Crippen LogP contribution in [0.2, 0.25) is 0 Å². The van der Waals surface area contributed by atoms with Crippen molar-refractivity contribution in [1.82, 2.24) is 15.0 Å². The average Bonchev–Trinajstić information content (AvgIpc) is 2.70. The van der Waals surface area contributed by atoms with Gasteiger partial charge in [0.15, 0.2) is 0 Å². The molecule has 0 saturated heterocycles. The molecule has 0 aliphatic carbocycles. The fraction of sp³-hybridized carbons (Fsp3) is 0.0500. The lowest BCUT2D eigenvalue weighted by molar-refractivity contribution is -0.383. The minimum Gasteiger partial charge on any atom is -0.334 e. The molecular weight excluding hydrogens is 356 g/mol. The van der Waals surface area contributed by atoms with Crippen molar-refractivity contribution in [2.24, 2.45) is 0 Å². The largest absolute Gasteiger partial charge is 0.353 e. The third-order valence-corrected chi connectivity index (χ3v) is 4.21. The lowest BCUT2D eigenvalue weighted by Crippen LogP contribution is -2.06. The van der Waals surface area contributed by atoms with Crippen molar-refractivity contribution in [2.45, 2.75) is 6.92 Å². The molecule has 0 aliphatic heterocycles. The van der Waals surface area contributed by atoms with Gasteiger partial charge in [0.05, 0.1) is 4.92 Å². The molecule has 0 bridgehead atoms. The minimum absolute atomic E-state index is 0.0686. The number of nitro groups is 1. The van der Waals surface area contributed by atoms with Gasteiger partial charge < -0.3 is 10.6 Å². The summed E-state index contributed by atoms with van der Waals surface area (Å²) in [4.78, 5) is 23.6. The summed E-state index contributed by atoms with van der Waals surface area (Å²) >= 11 is 0. The molecule has 0 saturated carbocycles. The summed E-state index contributed by atoms with van der Waals surface area (Å²) in [5.74, 6) is 0.633. The topological polar surface area (TPSA) is 106 Å². The molecule has 4 rings (SSSR count). The van der Waals surface area contributed by atoms with Crippen molar-refractivity contribution in [3.05, 3.63) is 82.8 Å². The van der Waals surface area contributed by atoms with Gasteiger partial charge in [-0.25, -0.2) is 15.0 Å². The summed E-state index contributed by atoms with van der Waals surface area (Å²) in [6.07, 6.45) is 2.95. The van der Waals surface area contributed by atoms with Crippen LogP contribution in [0, 0.1) is 17.0 Å². The van der Waals surface area contributed by atoms with Gasteiger partial charge in [-0.3, -0.25) is 10.1 Å². The Labute approximate surface area is 160 Å². The van der Waals surface area contributed by atoms with Crippen molar-refractivity contribution in [3.63, 3.8) is 0 Å². The van der Waals surface area contributed by atoms with E-state index in [9.17, 15) is 10.1 Å². The van der Waals surface area contributed by atoms with E-state index in [-0.39, 0.29) is 17.3 Å². The molecule has 0 spiro atoms. The summed E-state index contributed by atoms with van der Waals surface area (Å²) in [6, 6.07) is 17.1. The molecule has 0 atom stereocenters. The van der Waals surface area contributed by atoms with E-state index in [0.29, 0.717) is 5.82 Å². The van der Waals surface area contributed by atoms with Crippen LogP contribution in [-0.2, 0) is 0 Å². The molecule has 0 unspecified atom stereocenters. The molecule has 28 heavy (non-hydrogen) atoms. The summed E-state index contributed by atoms with van der Waals surface area (Å²) in [5.41, 5.74) is 1.46. The zero-order chi connectivity index (χ0) is 19.5. The second-order valence-electron chi connectivity index (χ2n) is 6.17. The average molecular weight is 372 g/mol. The van der Waals surface area contributed by atoms with Crippen LogP contribution in [-0.4, -0.2) is 19.9 Å². The number of hydrogen-bond donors (Lipinski definition) is 2. The number of aromatic nitrogens is 3. The van der Waals surface area contributed by atoms with Crippen LogP contribution in [0.3, 0.4) is 0 Å². The van der Waals surface area contributed by atoms with Crippen LogP contribution >= 0.6 is 0 Å². The van der Waals surface area contributed by atoms with E-state index >= 15 is 0 Å². The minimum atomic E-state index is -0.510. The Hall–Kier alpha value is -4.07. The monoisotopic (exact) mass is 372 g/mol. The Morgan fingerprint density at radius 2 is 1.64 bits per heavy atom. The Bertz CT molecular complexity index is 1160. The zero-order valence-corrected chi connectivity index (χ0v) is 15.0. The SMILES string of the molecule is Cc1ccc(Nc2ncnc(Nc3cccc4ccccc34)c2[N+](=O)[O-])nc1. The highest BCUT2D eigenvalue weighted by Crippen LogP contribution is 2.34. The normalized spacial score (nSPS) is 10.6. The van der Waals surface area contributed by atoms with Crippen LogP contribution in [0.25, 0.3) is 10.8 Å². The fourth-order valence-electron chi connectivity index (χ4n) is 2.86. The lowest BCUT2D eigenvalue weighted by Gasteiger charge is -2.11. The van der Waals surface area contributed by atoms with Crippen LogP contribution < -0.4 is 10.6 Å². The fourth-order valence-corrected chi connectivity index (χ4v) is 2.86. The third kappa shape index (κ3) is 3.43. The van der Waals surface area contributed by atoms with Gasteiger partial charge in [-0.05, 0) is 30.0 Å². The zero-order valence-electron chi connectivity index (χ0n) is 15.0. The summed E-state index contributed by atoms with van der Waals surface area (Å²) in [6.45, 7) is 1.91. The van der Waals surface area contributed by atoms with Gasteiger partial charge in [0.1, 0.15) is 12.1 Å². The predicted molar refractivity (Wildman–Crippen MR) is 108 cm³/mol. The van der Waals surface area contributed by atoms with Gasteiger partial charge in [-0.2, -0.15) is 0 Å². The van der Waals surface area contributed by atoms with Crippen molar-refractivity contribution in [2.75, 3.05) is 10.6 Å². The molecule has 8 heteroatoms. The van der Waals surface area contributed by atoms with Crippen molar-refractivity contribution < 1.29 is 4.92 Å². The summed E-state index contributed by atoms with van der Waals surface area (Å²) in [7, 11) is 0. The Balaban J connectivity index is 1.74.